The monoisotopic (exact) mass is 187 g/mol. The van der Waals surface area contributed by atoms with Gasteiger partial charge in [-0.25, -0.2) is 0 Å². The van der Waals surface area contributed by atoms with Crippen molar-refractivity contribution >= 4 is 11.8 Å². The fraction of sp³-hybridized carbons (Fsp3) is 1.00. The maximum absolute atomic E-state index is 2.65. The third kappa shape index (κ3) is 2.40. The van der Waals surface area contributed by atoms with Gasteiger partial charge in [-0.2, -0.15) is 11.8 Å². The molecule has 2 heteroatoms. The highest BCUT2D eigenvalue weighted by Crippen LogP contribution is 2.23. The lowest BCUT2D eigenvalue weighted by Crippen LogP contribution is -2.48. The van der Waals surface area contributed by atoms with E-state index in [-0.39, 0.29) is 0 Å². The van der Waals surface area contributed by atoms with Crippen LogP contribution in [-0.4, -0.2) is 35.0 Å². The number of rotatable bonds is 2. The van der Waals surface area contributed by atoms with Crippen LogP contribution in [0.2, 0.25) is 0 Å². The third-order valence-electron chi connectivity index (χ3n) is 2.64. The molecule has 0 saturated carbocycles. The Bertz CT molecular complexity index is 118. The Morgan fingerprint density at radius 1 is 1.25 bits per heavy atom. The maximum Gasteiger partial charge on any atom is 0.0212 e. The summed E-state index contributed by atoms with van der Waals surface area (Å²) in [6.07, 6.45) is 0. The number of nitrogens with zero attached hydrogens (tertiary/aromatic N) is 1. The van der Waals surface area contributed by atoms with E-state index in [0.29, 0.717) is 0 Å². The first-order chi connectivity index (χ1) is 5.63. The fourth-order valence-electron chi connectivity index (χ4n) is 1.85. The summed E-state index contributed by atoms with van der Waals surface area (Å²) in [7, 11) is 0. The first-order valence-corrected chi connectivity index (χ1v) is 6.12. The van der Waals surface area contributed by atoms with Gasteiger partial charge in [-0.05, 0) is 19.8 Å². The lowest BCUT2D eigenvalue weighted by atomic mass is 10.0. The average Bonchev–Trinajstić information content (AvgIpc) is 2.04. The number of thioether (sulfide) groups is 1. The van der Waals surface area contributed by atoms with Crippen molar-refractivity contribution in [1.29, 1.82) is 0 Å². The second kappa shape index (κ2) is 4.52. The van der Waals surface area contributed by atoms with Gasteiger partial charge in [0.15, 0.2) is 0 Å². The minimum Gasteiger partial charge on any atom is -0.296 e. The minimum atomic E-state index is 0.721. The molecular weight excluding hydrogens is 166 g/mol. The van der Waals surface area contributed by atoms with Gasteiger partial charge in [0.25, 0.3) is 0 Å². The Morgan fingerprint density at radius 2 is 1.92 bits per heavy atom. The van der Waals surface area contributed by atoms with Crippen molar-refractivity contribution in [2.45, 2.75) is 39.8 Å². The maximum atomic E-state index is 2.65. The van der Waals surface area contributed by atoms with Crippen molar-refractivity contribution in [1.82, 2.24) is 4.90 Å². The van der Waals surface area contributed by atoms with Crippen LogP contribution < -0.4 is 0 Å². The predicted molar refractivity (Wildman–Crippen MR) is 57.8 cm³/mol. The highest BCUT2D eigenvalue weighted by atomic mass is 32.2. The van der Waals surface area contributed by atoms with Crippen molar-refractivity contribution in [3.63, 3.8) is 0 Å². The molecule has 1 heterocycles. The van der Waals surface area contributed by atoms with Crippen molar-refractivity contribution in [3.8, 4) is 0 Å². The minimum absolute atomic E-state index is 0.721. The molecule has 0 N–H and O–H groups in total. The van der Waals surface area contributed by atoms with Crippen molar-refractivity contribution in [3.05, 3.63) is 0 Å². The summed E-state index contributed by atoms with van der Waals surface area (Å²) in [5.74, 6) is 3.46. The Kier molecular flexibility index (Phi) is 3.91. The summed E-state index contributed by atoms with van der Waals surface area (Å²) >= 11 is 2.11. The van der Waals surface area contributed by atoms with E-state index in [0.717, 1.165) is 18.0 Å². The predicted octanol–water partition coefficient (Wildman–Crippen LogP) is 2.47. The largest absolute Gasteiger partial charge is 0.296 e. The van der Waals surface area contributed by atoms with Crippen molar-refractivity contribution < 1.29 is 0 Å². The van der Waals surface area contributed by atoms with E-state index in [1.807, 2.05) is 0 Å². The van der Waals surface area contributed by atoms with Crippen LogP contribution >= 0.6 is 11.8 Å². The Balaban J connectivity index is 2.54. The Labute approximate surface area is 80.9 Å². The zero-order valence-electron chi connectivity index (χ0n) is 8.71. The van der Waals surface area contributed by atoms with Crippen molar-refractivity contribution in [2.24, 2.45) is 5.92 Å². The topological polar surface area (TPSA) is 3.24 Å². The van der Waals surface area contributed by atoms with Gasteiger partial charge in [-0.3, -0.25) is 4.90 Å². The van der Waals surface area contributed by atoms with E-state index in [4.69, 9.17) is 0 Å². The first-order valence-electron chi connectivity index (χ1n) is 4.96. The molecule has 0 radical (unpaired) electrons. The highest BCUT2D eigenvalue weighted by molar-refractivity contribution is 7.99. The molecule has 1 aliphatic rings. The summed E-state index contributed by atoms with van der Waals surface area (Å²) in [6, 6.07) is 1.53. The molecule has 0 amide bonds. The number of hydrogen-bond donors (Lipinski definition) is 0. The lowest BCUT2D eigenvalue weighted by molar-refractivity contribution is 0.138. The van der Waals surface area contributed by atoms with Crippen LogP contribution in [0.3, 0.4) is 0 Å². The summed E-state index contributed by atoms with van der Waals surface area (Å²) in [5.41, 5.74) is 0. The quantitative estimate of drug-likeness (QED) is 0.653. The second-order valence-corrected chi connectivity index (χ2v) is 5.37. The molecule has 0 aromatic heterocycles. The van der Waals surface area contributed by atoms with Gasteiger partial charge in [-0.1, -0.05) is 13.8 Å². The van der Waals surface area contributed by atoms with E-state index < -0.39 is 0 Å². The molecule has 1 atom stereocenters. The van der Waals surface area contributed by atoms with Gasteiger partial charge >= 0.3 is 0 Å². The smallest absolute Gasteiger partial charge is 0.0212 e. The van der Waals surface area contributed by atoms with Gasteiger partial charge in [0.05, 0.1) is 0 Å². The SMILES string of the molecule is CC(C)C1CSCCN1C(C)C. The summed E-state index contributed by atoms with van der Waals surface area (Å²) in [6.45, 7) is 10.6. The van der Waals surface area contributed by atoms with E-state index in [9.17, 15) is 0 Å². The van der Waals surface area contributed by atoms with E-state index in [1.165, 1.54) is 18.1 Å². The van der Waals surface area contributed by atoms with Crippen LogP contribution in [0.15, 0.2) is 0 Å². The van der Waals surface area contributed by atoms with E-state index in [1.54, 1.807) is 0 Å². The van der Waals surface area contributed by atoms with Crippen LogP contribution in [-0.2, 0) is 0 Å². The second-order valence-electron chi connectivity index (χ2n) is 4.22. The zero-order chi connectivity index (χ0) is 9.14. The number of hydrogen-bond acceptors (Lipinski definition) is 2. The first kappa shape index (κ1) is 10.4. The van der Waals surface area contributed by atoms with Crippen LogP contribution in [0.25, 0.3) is 0 Å². The summed E-state index contributed by atoms with van der Waals surface area (Å²) in [5, 5.41) is 0. The normalized spacial score (nSPS) is 27.0. The van der Waals surface area contributed by atoms with Crippen LogP contribution in [0.1, 0.15) is 27.7 Å². The molecule has 0 aromatic carbocycles. The van der Waals surface area contributed by atoms with Gasteiger partial charge in [0, 0.05) is 30.1 Å². The molecule has 1 rings (SSSR count). The fourth-order valence-corrected chi connectivity index (χ4v) is 3.18. The molecule has 72 valence electrons. The van der Waals surface area contributed by atoms with Crippen LogP contribution in [0, 0.1) is 5.92 Å². The van der Waals surface area contributed by atoms with Gasteiger partial charge in [0.2, 0.25) is 0 Å². The molecule has 12 heavy (non-hydrogen) atoms. The van der Waals surface area contributed by atoms with Crippen LogP contribution in [0.4, 0.5) is 0 Å². The lowest BCUT2D eigenvalue weighted by Gasteiger charge is -2.40. The Hall–Kier alpha value is 0.310. The van der Waals surface area contributed by atoms with Crippen molar-refractivity contribution in [2.75, 3.05) is 18.1 Å². The molecule has 0 aromatic rings. The zero-order valence-corrected chi connectivity index (χ0v) is 9.53. The third-order valence-corrected chi connectivity index (χ3v) is 3.69. The van der Waals surface area contributed by atoms with E-state index >= 15 is 0 Å². The molecule has 0 bridgehead atoms. The van der Waals surface area contributed by atoms with E-state index in [2.05, 4.69) is 44.4 Å². The molecule has 1 fully saturated rings. The molecule has 1 aliphatic heterocycles. The van der Waals surface area contributed by atoms with Gasteiger partial charge < -0.3 is 0 Å². The molecule has 1 saturated heterocycles. The summed E-state index contributed by atoms with van der Waals surface area (Å²) < 4.78 is 0. The van der Waals surface area contributed by atoms with Gasteiger partial charge in [0.1, 0.15) is 0 Å². The highest BCUT2D eigenvalue weighted by Gasteiger charge is 2.26. The summed E-state index contributed by atoms with van der Waals surface area (Å²) in [4.78, 5) is 2.65. The standard InChI is InChI=1S/C10H21NS/c1-8(2)10-7-12-6-5-11(10)9(3)4/h8-10H,5-7H2,1-4H3. The van der Waals surface area contributed by atoms with Crippen LogP contribution in [0.5, 0.6) is 0 Å². The molecular formula is C10H21NS. The molecule has 1 nitrogen and oxygen atoms in total. The molecule has 1 unspecified atom stereocenters. The van der Waals surface area contributed by atoms with Gasteiger partial charge in [-0.15, -0.1) is 0 Å². The molecule has 0 aliphatic carbocycles. The average molecular weight is 187 g/mol. The Morgan fingerprint density at radius 3 is 2.33 bits per heavy atom. The molecule has 0 spiro atoms.